The van der Waals surface area contributed by atoms with Crippen LogP contribution < -0.4 is 14.8 Å². The van der Waals surface area contributed by atoms with Crippen LogP contribution in [0.3, 0.4) is 0 Å². The third-order valence-electron chi connectivity index (χ3n) is 5.07. The Kier molecular flexibility index (Phi) is 4.97. The number of ether oxygens (including phenoxy) is 2. The van der Waals surface area contributed by atoms with Crippen molar-refractivity contribution in [2.24, 2.45) is 0 Å². The van der Waals surface area contributed by atoms with E-state index in [1.807, 2.05) is 12.1 Å². The number of carboxylic acids is 1. The molecule has 0 aliphatic rings. The highest BCUT2D eigenvalue weighted by Crippen LogP contribution is 2.37. The highest BCUT2D eigenvalue weighted by molar-refractivity contribution is 5.92. The number of nitriles is 1. The van der Waals surface area contributed by atoms with Crippen LogP contribution in [0.5, 0.6) is 11.5 Å². The Labute approximate surface area is 177 Å². The molecular weight excluding hydrogens is 398 g/mol. The van der Waals surface area contributed by atoms with Gasteiger partial charge in [0.25, 0.3) is 0 Å². The third kappa shape index (κ3) is 3.30. The summed E-state index contributed by atoms with van der Waals surface area (Å²) in [6, 6.07) is 12.6. The Hall–Kier alpha value is -4.45. The minimum atomic E-state index is -1.01. The Bertz CT molecular complexity index is 1350. The third-order valence-corrected chi connectivity index (χ3v) is 5.07. The second-order valence-electron chi connectivity index (χ2n) is 6.76. The summed E-state index contributed by atoms with van der Waals surface area (Å²) in [7, 11) is 3.11. The number of imidazole rings is 1. The molecule has 2 aromatic heterocycles. The molecule has 9 nitrogen and oxygen atoms in total. The van der Waals surface area contributed by atoms with Gasteiger partial charge in [0.05, 0.1) is 31.7 Å². The average molecular weight is 417 g/mol. The number of nitrogens with one attached hydrogen (secondary N) is 2. The van der Waals surface area contributed by atoms with Crippen LogP contribution in [0.2, 0.25) is 0 Å². The van der Waals surface area contributed by atoms with Crippen molar-refractivity contribution in [2.45, 2.75) is 6.92 Å². The number of rotatable bonds is 6. The zero-order valence-corrected chi connectivity index (χ0v) is 17.1. The lowest BCUT2D eigenvalue weighted by molar-refractivity contribution is 0.0696. The number of fused-ring (bicyclic) bond motifs is 1. The first-order valence-corrected chi connectivity index (χ1v) is 9.30. The normalized spacial score (nSPS) is 10.6. The van der Waals surface area contributed by atoms with Crippen LogP contribution in [0.1, 0.15) is 21.5 Å². The SMILES string of the molecule is COc1ccc(-c2[nH]c3c(C#N)cnn3c2Nc2cccc(C(=O)O)c2C)cc1OC. The summed E-state index contributed by atoms with van der Waals surface area (Å²) in [5, 5.41) is 26.5. The number of hydrogen-bond donors (Lipinski definition) is 3. The van der Waals surface area contributed by atoms with E-state index in [9.17, 15) is 15.2 Å². The number of carboxylic acid groups (broad SMARTS) is 1. The van der Waals surface area contributed by atoms with E-state index in [4.69, 9.17) is 9.47 Å². The number of anilines is 2. The van der Waals surface area contributed by atoms with Crippen LogP contribution in [0.15, 0.2) is 42.6 Å². The van der Waals surface area contributed by atoms with Crippen molar-refractivity contribution in [1.29, 1.82) is 5.26 Å². The lowest BCUT2D eigenvalue weighted by Crippen LogP contribution is -2.04. The summed E-state index contributed by atoms with van der Waals surface area (Å²) in [5.41, 5.74) is 3.70. The Morgan fingerprint density at radius 1 is 1.23 bits per heavy atom. The van der Waals surface area contributed by atoms with Gasteiger partial charge in [-0.3, -0.25) is 0 Å². The van der Waals surface area contributed by atoms with Gasteiger partial charge in [-0.2, -0.15) is 14.9 Å². The predicted molar refractivity (Wildman–Crippen MR) is 114 cm³/mol. The van der Waals surface area contributed by atoms with Crippen LogP contribution >= 0.6 is 0 Å². The number of aromatic amines is 1. The van der Waals surface area contributed by atoms with Gasteiger partial charge in [-0.1, -0.05) is 6.07 Å². The van der Waals surface area contributed by atoms with Gasteiger partial charge in [-0.15, -0.1) is 0 Å². The summed E-state index contributed by atoms with van der Waals surface area (Å²) in [4.78, 5) is 14.8. The lowest BCUT2D eigenvalue weighted by atomic mass is 10.1. The molecule has 9 heteroatoms. The van der Waals surface area contributed by atoms with Gasteiger partial charge in [0.15, 0.2) is 23.0 Å². The minimum absolute atomic E-state index is 0.197. The predicted octanol–water partition coefficient (Wildman–Crippen LogP) is 3.97. The van der Waals surface area contributed by atoms with Gasteiger partial charge in [0.2, 0.25) is 0 Å². The number of nitrogens with zero attached hydrogens (tertiary/aromatic N) is 3. The molecule has 2 heterocycles. The van der Waals surface area contributed by atoms with Gasteiger partial charge in [-0.05, 0) is 42.8 Å². The van der Waals surface area contributed by atoms with Crippen LogP contribution in [-0.2, 0) is 0 Å². The first kappa shape index (κ1) is 19.8. The maximum absolute atomic E-state index is 11.5. The topological polar surface area (TPSA) is 125 Å². The zero-order chi connectivity index (χ0) is 22.1. The van der Waals surface area contributed by atoms with Gasteiger partial charge in [0, 0.05) is 11.3 Å². The average Bonchev–Trinajstić information content (AvgIpc) is 3.34. The molecule has 3 N–H and O–H groups in total. The maximum atomic E-state index is 11.5. The highest BCUT2D eigenvalue weighted by Gasteiger charge is 2.20. The number of H-pyrrole nitrogens is 1. The molecule has 0 bridgehead atoms. The summed E-state index contributed by atoms with van der Waals surface area (Å²) >= 11 is 0. The fourth-order valence-electron chi connectivity index (χ4n) is 3.45. The quantitative estimate of drug-likeness (QED) is 0.433. The lowest BCUT2D eigenvalue weighted by Gasteiger charge is -2.13. The number of carbonyl (C=O) groups is 1. The van der Waals surface area contributed by atoms with Crippen LogP contribution in [0.4, 0.5) is 11.5 Å². The van der Waals surface area contributed by atoms with E-state index in [1.54, 1.807) is 49.9 Å². The molecule has 156 valence electrons. The van der Waals surface area contributed by atoms with Crippen molar-refractivity contribution in [3.8, 4) is 28.8 Å². The molecule has 0 saturated carbocycles. The van der Waals surface area contributed by atoms with E-state index in [2.05, 4.69) is 21.5 Å². The van der Waals surface area contributed by atoms with E-state index < -0.39 is 5.97 Å². The molecule has 4 rings (SSSR count). The van der Waals surface area contributed by atoms with E-state index in [0.717, 1.165) is 5.56 Å². The van der Waals surface area contributed by atoms with E-state index in [-0.39, 0.29) is 5.56 Å². The molecule has 0 amide bonds. The fourth-order valence-corrected chi connectivity index (χ4v) is 3.45. The first-order valence-electron chi connectivity index (χ1n) is 9.30. The molecular formula is C22H19N5O4. The van der Waals surface area contributed by atoms with Crippen LogP contribution in [0.25, 0.3) is 16.9 Å². The van der Waals surface area contributed by atoms with Crippen molar-refractivity contribution >= 4 is 23.1 Å². The number of benzene rings is 2. The van der Waals surface area contributed by atoms with E-state index in [1.165, 1.54) is 6.20 Å². The van der Waals surface area contributed by atoms with E-state index in [0.29, 0.717) is 45.5 Å². The molecule has 4 aromatic rings. The molecule has 2 aromatic carbocycles. The smallest absolute Gasteiger partial charge is 0.336 e. The monoisotopic (exact) mass is 417 g/mol. The standard InChI is InChI=1S/C22H19N5O4/c1-12-15(22(28)29)5-4-6-16(12)25-21-19(26-20-14(10-23)11-24-27(20)21)13-7-8-17(30-2)18(9-13)31-3/h4-9,11,25-26H,1-3H3,(H,28,29). The largest absolute Gasteiger partial charge is 0.493 e. The van der Waals surface area contributed by atoms with Gasteiger partial charge in [-0.25, -0.2) is 4.79 Å². The van der Waals surface area contributed by atoms with Crippen molar-refractivity contribution in [3.63, 3.8) is 0 Å². The minimum Gasteiger partial charge on any atom is -0.493 e. The summed E-state index contributed by atoms with van der Waals surface area (Å²) in [6.07, 6.45) is 1.47. The number of aromatic carboxylic acids is 1. The molecule has 0 radical (unpaired) electrons. The zero-order valence-electron chi connectivity index (χ0n) is 17.1. The molecule has 0 aliphatic carbocycles. The second kappa shape index (κ2) is 7.76. The molecule has 0 fully saturated rings. The Balaban J connectivity index is 1.91. The van der Waals surface area contributed by atoms with Crippen LogP contribution in [-0.4, -0.2) is 39.9 Å². The molecule has 0 spiro atoms. The van der Waals surface area contributed by atoms with Gasteiger partial charge in [0.1, 0.15) is 11.6 Å². The van der Waals surface area contributed by atoms with Crippen molar-refractivity contribution in [2.75, 3.05) is 19.5 Å². The molecule has 0 saturated heterocycles. The van der Waals surface area contributed by atoms with Crippen molar-refractivity contribution in [3.05, 3.63) is 59.3 Å². The number of methoxy groups -OCH3 is 2. The molecule has 0 atom stereocenters. The first-order chi connectivity index (χ1) is 15.0. The van der Waals surface area contributed by atoms with E-state index >= 15 is 0 Å². The highest BCUT2D eigenvalue weighted by atomic mass is 16.5. The number of aromatic nitrogens is 3. The Morgan fingerprint density at radius 2 is 2.00 bits per heavy atom. The summed E-state index contributed by atoms with van der Waals surface area (Å²) < 4.78 is 12.3. The fraction of sp³-hybridized carbons (Fsp3) is 0.136. The van der Waals surface area contributed by atoms with Crippen LogP contribution in [0, 0.1) is 18.3 Å². The molecule has 0 aliphatic heterocycles. The van der Waals surface area contributed by atoms with Gasteiger partial charge >= 0.3 is 5.97 Å². The van der Waals surface area contributed by atoms with Gasteiger partial charge < -0.3 is 24.9 Å². The summed E-state index contributed by atoms with van der Waals surface area (Å²) in [6.45, 7) is 1.73. The second-order valence-corrected chi connectivity index (χ2v) is 6.76. The molecule has 31 heavy (non-hydrogen) atoms. The maximum Gasteiger partial charge on any atom is 0.336 e. The Morgan fingerprint density at radius 3 is 2.68 bits per heavy atom. The van der Waals surface area contributed by atoms with Crippen molar-refractivity contribution < 1.29 is 19.4 Å². The van der Waals surface area contributed by atoms with Crippen molar-refractivity contribution in [1.82, 2.24) is 14.6 Å². The number of hydrogen-bond acceptors (Lipinski definition) is 6. The summed E-state index contributed by atoms with van der Waals surface area (Å²) in [5.74, 6) is 0.670. The molecule has 0 unspecified atom stereocenters.